The van der Waals surface area contributed by atoms with Gasteiger partial charge in [-0.1, -0.05) is 11.1 Å². The Kier molecular flexibility index (Phi) is 5.80. The highest BCUT2D eigenvalue weighted by Gasteiger charge is 2.37. The number of aliphatic carboxylic acids is 1. The van der Waals surface area contributed by atoms with Gasteiger partial charge in [-0.3, -0.25) is 25.2 Å². The average molecular weight is 346 g/mol. The SMILES string of the molecule is COc1ccc(C(=O)NNC(=O)[C@@H]2CC(C)=C(C)C[C@@H]2C(=O)O)cc1. The molecule has 25 heavy (non-hydrogen) atoms. The Hall–Kier alpha value is -2.83. The predicted molar refractivity (Wildman–Crippen MR) is 90.8 cm³/mol. The van der Waals surface area contributed by atoms with Crippen LogP contribution >= 0.6 is 0 Å². The van der Waals surface area contributed by atoms with Crippen molar-refractivity contribution in [1.29, 1.82) is 0 Å². The molecule has 0 heterocycles. The van der Waals surface area contributed by atoms with Crippen molar-refractivity contribution in [3.05, 3.63) is 41.0 Å². The van der Waals surface area contributed by atoms with Crippen LogP contribution in [0.25, 0.3) is 0 Å². The van der Waals surface area contributed by atoms with E-state index >= 15 is 0 Å². The fourth-order valence-electron chi connectivity index (χ4n) is 2.85. The Morgan fingerprint density at radius 1 is 1.00 bits per heavy atom. The molecule has 0 unspecified atom stereocenters. The molecule has 0 spiro atoms. The van der Waals surface area contributed by atoms with Gasteiger partial charge in [0.05, 0.1) is 18.9 Å². The number of hydrogen-bond acceptors (Lipinski definition) is 4. The summed E-state index contributed by atoms with van der Waals surface area (Å²) >= 11 is 0. The number of hydrazine groups is 1. The minimum absolute atomic E-state index is 0.339. The summed E-state index contributed by atoms with van der Waals surface area (Å²) in [6.07, 6.45) is 0.707. The van der Waals surface area contributed by atoms with E-state index in [1.54, 1.807) is 24.3 Å². The maximum Gasteiger partial charge on any atom is 0.307 e. The van der Waals surface area contributed by atoms with Crippen LogP contribution in [-0.2, 0) is 9.59 Å². The fraction of sp³-hybridized carbons (Fsp3) is 0.389. The van der Waals surface area contributed by atoms with Crippen LogP contribution in [0.5, 0.6) is 5.75 Å². The maximum absolute atomic E-state index is 12.4. The van der Waals surface area contributed by atoms with E-state index in [4.69, 9.17) is 4.74 Å². The van der Waals surface area contributed by atoms with E-state index in [2.05, 4.69) is 10.9 Å². The molecule has 0 radical (unpaired) electrons. The summed E-state index contributed by atoms with van der Waals surface area (Å²) < 4.78 is 5.02. The Morgan fingerprint density at radius 3 is 2.08 bits per heavy atom. The van der Waals surface area contributed by atoms with Gasteiger partial charge in [-0.2, -0.15) is 0 Å². The van der Waals surface area contributed by atoms with Crippen LogP contribution in [0.15, 0.2) is 35.4 Å². The van der Waals surface area contributed by atoms with E-state index in [0.717, 1.165) is 11.1 Å². The molecule has 2 rings (SSSR count). The van der Waals surface area contributed by atoms with Crippen molar-refractivity contribution in [2.45, 2.75) is 26.7 Å². The van der Waals surface area contributed by atoms with E-state index in [9.17, 15) is 19.5 Å². The number of allylic oxidation sites excluding steroid dienone is 2. The molecule has 7 heteroatoms. The lowest BCUT2D eigenvalue weighted by molar-refractivity contribution is -0.147. The molecular formula is C18H22N2O5. The molecule has 1 aromatic rings. The van der Waals surface area contributed by atoms with E-state index in [-0.39, 0.29) is 0 Å². The van der Waals surface area contributed by atoms with Gasteiger partial charge in [-0.25, -0.2) is 0 Å². The first-order valence-corrected chi connectivity index (χ1v) is 7.95. The highest BCUT2D eigenvalue weighted by molar-refractivity contribution is 5.96. The molecule has 0 bridgehead atoms. The molecule has 134 valence electrons. The number of nitrogens with one attached hydrogen (secondary N) is 2. The van der Waals surface area contributed by atoms with E-state index in [1.807, 2.05) is 13.8 Å². The number of benzene rings is 1. The number of carboxylic acid groups (broad SMARTS) is 1. The Labute approximate surface area is 146 Å². The molecule has 0 fully saturated rings. The first kappa shape index (κ1) is 18.5. The number of amides is 2. The molecule has 1 aliphatic rings. The van der Waals surface area contributed by atoms with Crippen molar-refractivity contribution in [3.8, 4) is 5.75 Å². The van der Waals surface area contributed by atoms with E-state index in [0.29, 0.717) is 24.2 Å². The normalized spacial score (nSPS) is 20.0. The third-order valence-corrected chi connectivity index (χ3v) is 4.57. The van der Waals surface area contributed by atoms with Crippen LogP contribution in [0.2, 0.25) is 0 Å². The van der Waals surface area contributed by atoms with Crippen LogP contribution in [0.3, 0.4) is 0 Å². The van der Waals surface area contributed by atoms with Gasteiger partial charge in [-0.15, -0.1) is 0 Å². The number of ether oxygens (including phenoxy) is 1. The molecule has 2 amide bonds. The van der Waals surface area contributed by atoms with Crippen molar-refractivity contribution < 1.29 is 24.2 Å². The van der Waals surface area contributed by atoms with E-state index in [1.165, 1.54) is 7.11 Å². The standard InChI is InChI=1S/C18H22N2O5/c1-10-8-14(15(18(23)24)9-11(10)2)17(22)20-19-16(21)12-4-6-13(25-3)7-5-12/h4-7,14-15H,8-9H2,1-3H3,(H,19,21)(H,20,22)(H,23,24)/t14-,15+/m1/s1. The molecule has 0 aliphatic heterocycles. The second-order valence-electron chi connectivity index (χ2n) is 6.19. The van der Waals surface area contributed by atoms with Gasteiger partial charge in [-0.05, 0) is 51.0 Å². The van der Waals surface area contributed by atoms with Gasteiger partial charge in [0, 0.05) is 5.56 Å². The molecule has 7 nitrogen and oxygen atoms in total. The maximum atomic E-state index is 12.4. The lowest BCUT2D eigenvalue weighted by Crippen LogP contribution is -2.48. The van der Waals surface area contributed by atoms with Crippen LogP contribution in [0.4, 0.5) is 0 Å². The second-order valence-corrected chi connectivity index (χ2v) is 6.19. The van der Waals surface area contributed by atoms with Crippen molar-refractivity contribution in [2.24, 2.45) is 11.8 Å². The quantitative estimate of drug-likeness (QED) is 0.570. The van der Waals surface area contributed by atoms with Gasteiger partial charge >= 0.3 is 5.97 Å². The van der Waals surface area contributed by atoms with Gasteiger partial charge in [0.2, 0.25) is 5.91 Å². The zero-order valence-electron chi connectivity index (χ0n) is 14.5. The molecule has 0 aromatic heterocycles. The summed E-state index contributed by atoms with van der Waals surface area (Å²) in [7, 11) is 1.52. The van der Waals surface area contributed by atoms with Crippen LogP contribution in [0, 0.1) is 11.8 Å². The lowest BCUT2D eigenvalue weighted by atomic mass is 9.76. The van der Waals surface area contributed by atoms with Gasteiger partial charge < -0.3 is 9.84 Å². The summed E-state index contributed by atoms with van der Waals surface area (Å²) in [4.78, 5) is 35.9. The van der Waals surface area contributed by atoms with Gasteiger partial charge in [0.25, 0.3) is 5.91 Å². The number of methoxy groups -OCH3 is 1. The zero-order valence-corrected chi connectivity index (χ0v) is 14.5. The molecular weight excluding hydrogens is 324 g/mol. The molecule has 0 saturated heterocycles. The van der Waals surface area contributed by atoms with Gasteiger partial charge in [0.15, 0.2) is 0 Å². The topological polar surface area (TPSA) is 105 Å². The molecule has 1 aliphatic carbocycles. The highest BCUT2D eigenvalue weighted by Crippen LogP contribution is 2.34. The number of carbonyl (C=O) groups excluding carboxylic acids is 2. The minimum atomic E-state index is -1.01. The van der Waals surface area contributed by atoms with Crippen LogP contribution < -0.4 is 15.6 Å². The fourth-order valence-corrected chi connectivity index (χ4v) is 2.85. The van der Waals surface area contributed by atoms with Crippen molar-refractivity contribution in [3.63, 3.8) is 0 Å². The molecule has 1 aromatic carbocycles. The van der Waals surface area contributed by atoms with E-state index < -0.39 is 29.6 Å². The van der Waals surface area contributed by atoms with Gasteiger partial charge in [0.1, 0.15) is 5.75 Å². The largest absolute Gasteiger partial charge is 0.497 e. The summed E-state index contributed by atoms with van der Waals surface area (Å²) in [6, 6.07) is 6.40. The van der Waals surface area contributed by atoms with Crippen molar-refractivity contribution in [1.82, 2.24) is 10.9 Å². The number of hydrogen-bond donors (Lipinski definition) is 3. The number of carbonyl (C=O) groups is 3. The second kappa shape index (κ2) is 7.83. The smallest absolute Gasteiger partial charge is 0.307 e. The number of rotatable bonds is 4. The first-order chi connectivity index (χ1) is 11.8. The molecule has 3 N–H and O–H groups in total. The Bertz CT molecular complexity index is 709. The lowest BCUT2D eigenvalue weighted by Gasteiger charge is -2.29. The average Bonchev–Trinajstić information content (AvgIpc) is 2.61. The summed E-state index contributed by atoms with van der Waals surface area (Å²) in [5, 5.41) is 9.36. The molecule has 2 atom stereocenters. The third kappa shape index (κ3) is 4.37. The zero-order chi connectivity index (χ0) is 18.6. The summed E-state index contributed by atoms with van der Waals surface area (Å²) in [5.41, 5.74) is 7.04. The third-order valence-electron chi connectivity index (χ3n) is 4.57. The van der Waals surface area contributed by atoms with Crippen molar-refractivity contribution >= 4 is 17.8 Å². The van der Waals surface area contributed by atoms with Crippen LogP contribution in [0.1, 0.15) is 37.0 Å². The van der Waals surface area contributed by atoms with Crippen LogP contribution in [-0.4, -0.2) is 30.0 Å². The highest BCUT2D eigenvalue weighted by atomic mass is 16.5. The Balaban J connectivity index is 2.00. The van der Waals surface area contributed by atoms with Crippen molar-refractivity contribution in [2.75, 3.05) is 7.11 Å². The minimum Gasteiger partial charge on any atom is -0.497 e. The monoisotopic (exact) mass is 346 g/mol. The summed E-state index contributed by atoms with van der Waals surface area (Å²) in [5.74, 6) is -2.87. The number of carboxylic acids is 1. The molecule has 0 saturated carbocycles. The first-order valence-electron chi connectivity index (χ1n) is 7.95. The summed E-state index contributed by atoms with van der Waals surface area (Å²) in [6.45, 7) is 3.77. The Morgan fingerprint density at radius 2 is 1.56 bits per heavy atom. The predicted octanol–water partition coefficient (Wildman–Crippen LogP) is 1.90.